The molecule has 1 fully saturated rings. The summed E-state index contributed by atoms with van der Waals surface area (Å²) in [4.78, 5) is 17.4. The lowest BCUT2D eigenvalue weighted by Gasteiger charge is -2.37. The van der Waals surface area contributed by atoms with Crippen molar-refractivity contribution in [2.75, 3.05) is 49.0 Å². The summed E-state index contributed by atoms with van der Waals surface area (Å²) in [5, 5.41) is 0.669. The Labute approximate surface area is 217 Å². The Kier molecular flexibility index (Phi) is 7.76. The zero-order valence-electron chi connectivity index (χ0n) is 20.6. The van der Waals surface area contributed by atoms with Crippen molar-refractivity contribution >= 4 is 38.9 Å². The SMILES string of the molecule is COc1ccccc1N(CC(=O)N1CCN(c2cc(Cl)ccc2C)CC1)S(=O)(=O)c1ccc(C)cc1. The number of benzene rings is 3. The first-order valence-electron chi connectivity index (χ1n) is 11.7. The molecule has 0 aromatic heterocycles. The molecule has 0 atom stereocenters. The van der Waals surface area contributed by atoms with Gasteiger partial charge in [0.2, 0.25) is 5.91 Å². The summed E-state index contributed by atoms with van der Waals surface area (Å²) in [6, 6.07) is 19.2. The first kappa shape index (κ1) is 25.9. The lowest BCUT2D eigenvalue weighted by Crippen LogP contribution is -2.52. The predicted molar refractivity (Wildman–Crippen MR) is 144 cm³/mol. The maximum absolute atomic E-state index is 13.7. The van der Waals surface area contributed by atoms with Crippen molar-refractivity contribution in [3.05, 3.63) is 82.9 Å². The minimum Gasteiger partial charge on any atom is -0.495 e. The molecule has 0 bridgehead atoms. The van der Waals surface area contributed by atoms with Crippen LogP contribution >= 0.6 is 11.6 Å². The second-order valence-corrected chi connectivity index (χ2v) is 11.1. The van der Waals surface area contributed by atoms with E-state index in [4.69, 9.17) is 16.3 Å². The lowest BCUT2D eigenvalue weighted by atomic mass is 10.1. The molecule has 1 heterocycles. The molecule has 190 valence electrons. The Morgan fingerprint density at radius 3 is 2.31 bits per heavy atom. The maximum Gasteiger partial charge on any atom is 0.264 e. The number of methoxy groups -OCH3 is 1. The number of halogens is 1. The first-order chi connectivity index (χ1) is 17.2. The van der Waals surface area contributed by atoms with Crippen LogP contribution < -0.4 is 13.9 Å². The van der Waals surface area contributed by atoms with E-state index in [1.54, 1.807) is 53.4 Å². The highest BCUT2D eigenvalue weighted by molar-refractivity contribution is 7.92. The number of sulfonamides is 1. The van der Waals surface area contributed by atoms with Crippen molar-refractivity contribution < 1.29 is 17.9 Å². The van der Waals surface area contributed by atoms with E-state index in [1.165, 1.54) is 7.11 Å². The normalized spacial score (nSPS) is 14.0. The third kappa shape index (κ3) is 5.44. The summed E-state index contributed by atoms with van der Waals surface area (Å²) >= 11 is 6.19. The minimum absolute atomic E-state index is 0.119. The third-order valence-corrected chi connectivity index (χ3v) is 8.40. The zero-order chi connectivity index (χ0) is 25.9. The number of carbonyl (C=O) groups excluding carboxylic acids is 1. The summed E-state index contributed by atoms with van der Waals surface area (Å²) in [5.41, 5.74) is 3.43. The maximum atomic E-state index is 13.7. The summed E-state index contributed by atoms with van der Waals surface area (Å²) in [6.45, 7) is 5.82. The van der Waals surface area contributed by atoms with Crippen molar-refractivity contribution in [3.63, 3.8) is 0 Å². The number of amides is 1. The average molecular weight is 528 g/mol. The molecule has 9 heteroatoms. The number of hydrogen-bond donors (Lipinski definition) is 0. The summed E-state index contributed by atoms with van der Waals surface area (Å²) < 4.78 is 34.0. The van der Waals surface area contributed by atoms with Gasteiger partial charge in [0.05, 0.1) is 17.7 Å². The first-order valence-corrected chi connectivity index (χ1v) is 13.5. The van der Waals surface area contributed by atoms with Gasteiger partial charge in [-0.1, -0.05) is 47.5 Å². The van der Waals surface area contributed by atoms with Crippen LogP contribution in [-0.4, -0.2) is 59.1 Å². The largest absolute Gasteiger partial charge is 0.495 e. The molecule has 4 rings (SSSR count). The van der Waals surface area contributed by atoms with E-state index >= 15 is 0 Å². The van der Waals surface area contributed by atoms with Crippen LogP contribution in [0.1, 0.15) is 11.1 Å². The Balaban J connectivity index is 1.57. The molecule has 1 aliphatic heterocycles. The summed E-state index contributed by atoms with van der Waals surface area (Å²) in [7, 11) is -2.54. The van der Waals surface area contributed by atoms with E-state index in [-0.39, 0.29) is 17.3 Å². The van der Waals surface area contributed by atoms with E-state index < -0.39 is 10.0 Å². The molecule has 1 aliphatic rings. The molecule has 0 radical (unpaired) electrons. The second-order valence-electron chi connectivity index (χ2n) is 8.80. The highest BCUT2D eigenvalue weighted by atomic mass is 35.5. The van der Waals surface area contributed by atoms with Gasteiger partial charge in [0.25, 0.3) is 10.0 Å². The number of piperazine rings is 1. The monoisotopic (exact) mass is 527 g/mol. The van der Waals surface area contributed by atoms with E-state index in [0.717, 1.165) is 21.1 Å². The number of rotatable bonds is 7. The molecule has 0 unspecified atom stereocenters. The van der Waals surface area contributed by atoms with Gasteiger partial charge in [-0.15, -0.1) is 0 Å². The average Bonchev–Trinajstić information content (AvgIpc) is 2.89. The standard InChI is InChI=1S/C27H30ClN3O4S/c1-20-8-12-23(13-9-20)36(33,34)31(24-6-4-5-7-26(24)35-3)19-27(32)30-16-14-29(15-17-30)25-18-22(28)11-10-21(25)2/h4-13,18H,14-17,19H2,1-3H3. The highest BCUT2D eigenvalue weighted by Gasteiger charge is 2.32. The van der Waals surface area contributed by atoms with Crippen LogP contribution in [0.3, 0.4) is 0 Å². The number of ether oxygens (including phenoxy) is 1. The number of carbonyl (C=O) groups is 1. The second kappa shape index (κ2) is 10.8. The van der Waals surface area contributed by atoms with Crippen LogP contribution in [0, 0.1) is 13.8 Å². The van der Waals surface area contributed by atoms with E-state index in [2.05, 4.69) is 4.90 Å². The smallest absolute Gasteiger partial charge is 0.264 e. The zero-order valence-corrected chi connectivity index (χ0v) is 22.2. The highest BCUT2D eigenvalue weighted by Crippen LogP contribution is 2.32. The molecule has 1 saturated heterocycles. The Morgan fingerprint density at radius 1 is 0.972 bits per heavy atom. The molecular weight excluding hydrogens is 498 g/mol. The fraction of sp³-hybridized carbons (Fsp3) is 0.296. The van der Waals surface area contributed by atoms with Crippen LogP contribution in [0.4, 0.5) is 11.4 Å². The lowest BCUT2D eigenvalue weighted by molar-refractivity contribution is -0.129. The summed E-state index contributed by atoms with van der Waals surface area (Å²) in [5.74, 6) is 0.112. The summed E-state index contributed by atoms with van der Waals surface area (Å²) in [6.07, 6.45) is 0. The number of anilines is 2. The van der Waals surface area contributed by atoms with E-state index in [0.29, 0.717) is 42.6 Å². The topological polar surface area (TPSA) is 70.2 Å². The van der Waals surface area contributed by atoms with Gasteiger partial charge < -0.3 is 14.5 Å². The van der Waals surface area contributed by atoms with Gasteiger partial charge in [0, 0.05) is 36.9 Å². The minimum atomic E-state index is -4.02. The molecule has 36 heavy (non-hydrogen) atoms. The fourth-order valence-electron chi connectivity index (χ4n) is 4.32. The van der Waals surface area contributed by atoms with Crippen LogP contribution in [0.25, 0.3) is 0 Å². The van der Waals surface area contributed by atoms with Gasteiger partial charge in [-0.3, -0.25) is 9.10 Å². The number of para-hydroxylation sites is 2. The number of nitrogens with zero attached hydrogens (tertiary/aromatic N) is 3. The molecular formula is C27H30ClN3O4S. The fourth-order valence-corrected chi connectivity index (χ4v) is 5.91. The molecule has 0 N–H and O–H groups in total. The van der Waals surface area contributed by atoms with E-state index in [1.807, 2.05) is 32.0 Å². The Morgan fingerprint density at radius 2 is 1.64 bits per heavy atom. The van der Waals surface area contributed by atoms with Gasteiger partial charge in [-0.05, 0) is 55.8 Å². The van der Waals surface area contributed by atoms with Crippen molar-refractivity contribution in [3.8, 4) is 5.75 Å². The molecule has 0 aliphatic carbocycles. The van der Waals surface area contributed by atoms with Crippen LogP contribution in [-0.2, 0) is 14.8 Å². The van der Waals surface area contributed by atoms with Gasteiger partial charge in [-0.25, -0.2) is 8.42 Å². The van der Waals surface area contributed by atoms with Gasteiger partial charge in [-0.2, -0.15) is 0 Å². The third-order valence-electron chi connectivity index (χ3n) is 6.39. The molecule has 0 saturated carbocycles. The predicted octanol–water partition coefficient (Wildman–Crippen LogP) is 4.51. The molecule has 1 amide bonds. The van der Waals surface area contributed by atoms with Crippen molar-refractivity contribution in [1.29, 1.82) is 0 Å². The van der Waals surface area contributed by atoms with E-state index in [9.17, 15) is 13.2 Å². The van der Waals surface area contributed by atoms with Crippen LogP contribution in [0.2, 0.25) is 5.02 Å². The van der Waals surface area contributed by atoms with Crippen LogP contribution in [0.15, 0.2) is 71.6 Å². The van der Waals surface area contributed by atoms with Crippen LogP contribution in [0.5, 0.6) is 5.75 Å². The van der Waals surface area contributed by atoms with Gasteiger partial charge in [0.15, 0.2) is 0 Å². The quantitative estimate of drug-likeness (QED) is 0.452. The number of hydrogen-bond acceptors (Lipinski definition) is 5. The van der Waals surface area contributed by atoms with Crippen molar-refractivity contribution in [2.45, 2.75) is 18.7 Å². The Hall–Kier alpha value is -3.23. The molecule has 0 spiro atoms. The van der Waals surface area contributed by atoms with Gasteiger partial charge in [0.1, 0.15) is 12.3 Å². The Bertz CT molecular complexity index is 1340. The molecule has 3 aromatic rings. The molecule has 7 nitrogen and oxygen atoms in total. The van der Waals surface area contributed by atoms with Gasteiger partial charge >= 0.3 is 0 Å². The molecule has 3 aromatic carbocycles. The van der Waals surface area contributed by atoms with Crippen molar-refractivity contribution in [1.82, 2.24) is 4.90 Å². The number of aryl methyl sites for hydroxylation is 2. The van der Waals surface area contributed by atoms with Crippen molar-refractivity contribution in [2.24, 2.45) is 0 Å².